The highest BCUT2D eigenvalue weighted by molar-refractivity contribution is 7.98. The van der Waals surface area contributed by atoms with Crippen LogP contribution in [-0.4, -0.2) is 31.8 Å². The molecule has 1 unspecified atom stereocenters. The molecule has 4 aromatic rings. The summed E-state index contributed by atoms with van der Waals surface area (Å²) < 4.78 is 12.2. The first-order valence-electron chi connectivity index (χ1n) is 10.6. The normalized spacial score (nSPS) is 12.2. The Morgan fingerprint density at radius 1 is 1.00 bits per heavy atom. The summed E-state index contributed by atoms with van der Waals surface area (Å²) in [5, 5.41) is 0.549. The van der Waals surface area contributed by atoms with Crippen LogP contribution < -0.4 is 10.2 Å². The third kappa shape index (κ3) is 5.06. The molecule has 1 heterocycles. The molecule has 0 radical (unpaired) electrons. The fourth-order valence-corrected chi connectivity index (χ4v) is 4.06. The summed E-state index contributed by atoms with van der Waals surface area (Å²) in [7, 11) is 4.12. The van der Waals surface area contributed by atoms with Crippen LogP contribution in [0, 0.1) is 0 Å². The molecular weight excluding hydrogens is 418 g/mol. The average molecular weight is 446 g/mol. The Morgan fingerprint density at radius 3 is 2.44 bits per heavy atom. The highest BCUT2D eigenvalue weighted by Crippen LogP contribution is 2.29. The van der Waals surface area contributed by atoms with E-state index in [2.05, 4.69) is 49.5 Å². The molecule has 3 aromatic carbocycles. The number of thioether (sulfide) groups is 1. The molecule has 0 N–H and O–H groups in total. The smallest absolute Gasteiger partial charge is 0.200 e. The topological polar surface area (TPSA) is 42.7 Å². The minimum absolute atomic E-state index is 0.0409. The second kappa shape index (κ2) is 10.1. The van der Waals surface area contributed by atoms with Crippen LogP contribution in [0.15, 0.2) is 93.2 Å². The number of ether oxygens (including phenoxy) is 1. The number of nitrogens with zero attached hydrogens (tertiary/aromatic N) is 1. The lowest BCUT2D eigenvalue weighted by Gasteiger charge is -2.22. The Hall–Kier alpha value is -3.02. The molecule has 0 aliphatic heterocycles. The Kier molecular flexibility index (Phi) is 6.98. The van der Waals surface area contributed by atoms with Crippen molar-refractivity contribution in [3.63, 3.8) is 0 Å². The zero-order chi connectivity index (χ0) is 22.5. The van der Waals surface area contributed by atoms with Crippen LogP contribution in [0.5, 0.6) is 5.75 Å². The molecule has 0 saturated carbocycles. The van der Waals surface area contributed by atoms with E-state index in [4.69, 9.17) is 9.15 Å². The zero-order valence-electron chi connectivity index (χ0n) is 18.6. The molecule has 0 bridgehead atoms. The predicted molar refractivity (Wildman–Crippen MR) is 133 cm³/mol. The Bertz CT molecular complexity index is 1230. The number of hydrogen-bond acceptors (Lipinski definition) is 5. The van der Waals surface area contributed by atoms with Crippen molar-refractivity contribution >= 4 is 22.7 Å². The van der Waals surface area contributed by atoms with Gasteiger partial charge >= 0.3 is 0 Å². The van der Waals surface area contributed by atoms with Crippen molar-refractivity contribution in [2.24, 2.45) is 0 Å². The second-order valence-electron chi connectivity index (χ2n) is 7.97. The number of fused-ring (bicyclic) bond motifs is 1. The van der Waals surface area contributed by atoms with Gasteiger partial charge in [-0.3, -0.25) is 4.79 Å². The molecule has 0 spiro atoms. The van der Waals surface area contributed by atoms with E-state index in [1.807, 2.05) is 42.5 Å². The quantitative estimate of drug-likeness (QED) is 0.300. The first-order valence-corrected chi connectivity index (χ1v) is 11.8. The lowest BCUT2D eigenvalue weighted by molar-refractivity contribution is 0.179. The van der Waals surface area contributed by atoms with Gasteiger partial charge in [0.2, 0.25) is 0 Å². The highest BCUT2D eigenvalue weighted by Gasteiger charge is 2.16. The summed E-state index contributed by atoms with van der Waals surface area (Å²) >= 11 is 1.72. The monoisotopic (exact) mass is 445 g/mol. The number of benzene rings is 3. The standard InChI is InChI=1S/C27H27NO3S/c1-28(2)16-15-25(20-9-12-22(32-3)13-10-20)31-21-11-14-23-26(17-21)30-18-24(27(23)29)19-7-5-4-6-8-19/h4-14,17-18,25H,15-16H2,1-3H3. The largest absolute Gasteiger partial charge is 0.486 e. The zero-order valence-corrected chi connectivity index (χ0v) is 19.4. The van der Waals surface area contributed by atoms with Gasteiger partial charge in [0, 0.05) is 23.9 Å². The first kappa shape index (κ1) is 22.2. The van der Waals surface area contributed by atoms with Crippen molar-refractivity contribution in [2.45, 2.75) is 17.4 Å². The van der Waals surface area contributed by atoms with Crippen molar-refractivity contribution in [1.82, 2.24) is 4.90 Å². The Morgan fingerprint density at radius 2 is 1.75 bits per heavy atom. The minimum Gasteiger partial charge on any atom is -0.486 e. The van der Waals surface area contributed by atoms with Crippen LogP contribution in [0.2, 0.25) is 0 Å². The van der Waals surface area contributed by atoms with E-state index in [0.717, 1.165) is 24.1 Å². The van der Waals surface area contributed by atoms with E-state index in [-0.39, 0.29) is 11.5 Å². The van der Waals surface area contributed by atoms with Crippen LogP contribution in [0.4, 0.5) is 0 Å². The Balaban J connectivity index is 1.63. The lowest BCUT2D eigenvalue weighted by Crippen LogP contribution is -2.18. The molecule has 1 aromatic heterocycles. The van der Waals surface area contributed by atoms with Gasteiger partial charge in [0.1, 0.15) is 23.7 Å². The van der Waals surface area contributed by atoms with Crippen molar-refractivity contribution in [1.29, 1.82) is 0 Å². The Labute approximate surface area is 192 Å². The second-order valence-corrected chi connectivity index (χ2v) is 8.85. The summed E-state index contributed by atoms with van der Waals surface area (Å²) in [5.74, 6) is 0.686. The molecule has 0 saturated heterocycles. The SMILES string of the molecule is CSc1ccc(C(CCN(C)C)Oc2ccc3c(=O)c(-c4ccccc4)coc3c2)cc1. The van der Waals surface area contributed by atoms with Crippen LogP contribution in [-0.2, 0) is 0 Å². The van der Waals surface area contributed by atoms with Gasteiger partial charge in [-0.05, 0) is 55.7 Å². The average Bonchev–Trinajstić information content (AvgIpc) is 2.82. The van der Waals surface area contributed by atoms with Gasteiger partial charge in [0.15, 0.2) is 5.43 Å². The van der Waals surface area contributed by atoms with Crippen LogP contribution in [0.1, 0.15) is 18.1 Å². The number of rotatable bonds is 8. The molecule has 0 aliphatic carbocycles. The highest BCUT2D eigenvalue weighted by atomic mass is 32.2. The molecule has 0 fully saturated rings. The van der Waals surface area contributed by atoms with Gasteiger partial charge in [-0.1, -0.05) is 42.5 Å². The summed E-state index contributed by atoms with van der Waals surface area (Å²) in [6.07, 6.45) is 4.36. The van der Waals surface area contributed by atoms with Crippen molar-refractivity contribution < 1.29 is 9.15 Å². The van der Waals surface area contributed by atoms with Crippen LogP contribution in [0.3, 0.4) is 0 Å². The van der Waals surface area contributed by atoms with E-state index in [0.29, 0.717) is 22.3 Å². The molecule has 4 rings (SSSR count). The molecular formula is C27H27NO3S. The summed E-state index contributed by atoms with van der Waals surface area (Å²) in [6.45, 7) is 0.901. The fourth-order valence-electron chi connectivity index (χ4n) is 3.65. The molecule has 0 amide bonds. The fraction of sp³-hybridized carbons (Fsp3) is 0.222. The van der Waals surface area contributed by atoms with Gasteiger partial charge in [-0.25, -0.2) is 0 Å². The summed E-state index contributed by atoms with van der Waals surface area (Å²) in [5.41, 5.74) is 3.02. The van der Waals surface area contributed by atoms with Crippen molar-refractivity contribution in [3.05, 3.63) is 94.8 Å². The number of hydrogen-bond donors (Lipinski definition) is 0. The van der Waals surface area contributed by atoms with Crippen molar-refractivity contribution in [2.75, 3.05) is 26.9 Å². The van der Waals surface area contributed by atoms with E-state index in [9.17, 15) is 4.79 Å². The van der Waals surface area contributed by atoms with Crippen molar-refractivity contribution in [3.8, 4) is 16.9 Å². The van der Waals surface area contributed by atoms with Gasteiger partial charge in [0.05, 0.1) is 10.9 Å². The first-order chi connectivity index (χ1) is 15.5. The summed E-state index contributed by atoms with van der Waals surface area (Å²) in [6, 6.07) is 23.5. The van der Waals surface area contributed by atoms with Crippen LogP contribution in [0.25, 0.3) is 22.1 Å². The van der Waals surface area contributed by atoms with E-state index in [1.165, 1.54) is 11.2 Å². The molecule has 1 atom stereocenters. The van der Waals surface area contributed by atoms with Gasteiger partial charge in [-0.15, -0.1) is 11.8 Å². The molecule has 5 heteroatoms. The van der Waals surface area contributed by atoms with Gasteiger partial charge in [-0.2, -0.15) is 0 Å². The van der Waals surface area contributed by atoms with E-state index < -0.39 is 0 Å². The van der Waals surface area contributed by atoms with E-state index >= 15 is 0 Å². The maximum absolute atomic E-state index is 13.0. The third-order valence-corrected chi connectivity index (χ3v) is 6.18. The van der Waals surface area contributed by atoms with Gasteiger partial charge < -0.3 is 14.1 Å². The lowest BCUT2D eigenvalue weighted by atomic mass is 10.1. The molecule has 32 heavy (non-hydrogen) atoms. The predicted octanol–water partition coefficient (Wildman–Crippen LogP) is 6.25. The molecule has 164 valence electrons. The third-order valence-electron chi connectivity index (χ3n) is 5.44. The maximum Gasteiger partial charge on any atom is 0.200 e. The van der Waals surface area contributed by atoms with E-state index in [1.54, 1.807) is 17.8 Å². The van der Waals surface area contributed by atoms with Crippen LogP contribution >= 0.6 is 11.8 Å². The maximum atomic E-state index is 13.0. The minimum atomic E-state index is -0.0962. The molecule has 0 aliphatic rings. The summed E-state index contributed by atoms with van der Waals surface area (Å²) in [4.78, 5) is 16.4. The molecule has 4 nitrogen and oxygen atoms in total. The van der Waals surface area contributed by atoms with Gasteiger partial charge in [0.25, 0.3) is 0 Å².